The minimum absolute atomic E-state index is 0.124. The largest absolute Gasteiger partial charge is 0.486 e. The van der Waals surface area contributed by atoms with Crippen molar-refractivity contribution in [2.45, 2.75) is 31.5 Å². The van der Waals surface area contributed by atoms with E-state index in [-0.39, 0.29) is 5.78 Å². The zero-order valence-corrected chi connectivity index (χ0v) is 12.4. The summed E-state index contributed by atoms with van der Waals surface area (Å²) >= 11 is 0. The van der Waals surface area contributed by atoms with E-state index in [1.165, 1.54) is 4.90 Å². The van der Waals surface area contributed by atoms with Gasteiger partial charge in [-0.1, -0.05) is 12.1 Å². The third-order valence-electron chi connectivity index (χ3n) is 4.68. The number of para-hydroxylation sites is 1. The third kappa shape index (κ3) is 2.23. The van der Waals surface area contributed by atoms with Gasteiger partial charge in [0.15, 0.2) is 5.78 Å². The zero-order chi connectivity index (χ0) is 15.9. The lowest BCUT2D eigenvalue weighted by Crippen LogP contribution is -2.60. The number of amides is 1. The van der Waals surface area contributed by atoms with Crippen molar-refractivity contribution in [3.8, 4) is 5.75 Å². The maximum absolute atomic E-state index is 12.8. The second-order valence-electron chi connectivity index (χ2n) is 6.02. The number of ketones is 1. The summed E-state index contributed by atoms with van der Waals surface area (Å²) in [6.45, 7) is 2.19. The van der Waals surface area contributed by atoms with E-state index in [1.54, 1.807) is 31.2 Å². The van der Waals surface area contributed by atoms with Crippen molar-refractivity contribution in [3.05, 3.63) is 29.8 Å². The van der Waals surface area contributed by atoms with Crippen LogP contribution in [0.25, 0.3) is 0 Å². The predicted octanol–water partition coefficient (Wildman–Crippen LogP) is 1.77. The monoisotopic (exact) mass is 305 g/mol. The fourth-order valence-corrected chi connectivity index (χ4v) is 3.60. The van der Waals surface area contributed by atoms with E-state index in [0.29, 0.717) is 37.2 Å². The van der Waals surface area contributed by atoms with Crippen LogP contribution in [-0.4, -0.2) is 51.8 Å². The molecule has 2 N–H and O–H groups in total. The van der Waals surface area contributed by atoms with Crippen molar-refractivity contribution in [1.29, 1.82) is 0 Å². The minimum atomic E-state index is -0.967. The lowest BCUT2D eigenvalue weighted by Gasteiger charge is -2.48. The average molecular weight is 305 g/mol. The molecule has 1 fully saturated rings. The summed E-state index contributed by atoms with van der Waals surface area (Å²) in [5.74, 6) is -0.271. The Balaban J connectivity index is 1.97. The average Bonchev–Trinajstić information content (AvgIpc) is 2.47. The van der Waals surface area contributed by atoms with Crippen molar-refractivity contribution in [3.63, 3.8) is 0 Å². The lowest BCUT2D eigenvalue weighted by atomic mass is 9.71. The van der Waals surface area contributed by atoms with E-state index in [1.807, 2.05) is 0 Å². The fourth-order valence-electron chi connectivity index (χ4n) is 3.60. The molecule has 2 aliphatic heterocycles. The smallest absolute Gasteiger partial charge is 0.407 e. The number of likely N-dealkylation sites (tertiary alicyclic amines) is 1. The van der Waals surface area contributed by atoms with E-state index in [2.05, 4.69) is 0 Å². The van der Waals surface area contributed by atoms with Crippen molar-refractivity contribution in [1.82, 2.24) is 4.90 Å². The Hall–Kier alpha value is -2.08. The standard InChI is InChI=1S/C16H19NO5/c1-10(18)13-14(19)11-4-2-3-5-12(11)22-16(13)6-8-17(9-7-16)15(20)21/h2-5,10,13,18H,6-9H2,1H3,(H,20,21). The number of carbonyl (C=O) groups excluding carboxylic acids is 1. The number of aliphatic hydroxyl groups is 1. The topological polar surface area (TPSA) is 87.1 Å². The van der Waals surface area contributed by atoms with E-state index in [4.69, 9.17) is 9.84 Å². The Morgan fingerprint density at radius 3 is 2.59 bits per heavy atom. The zero-order valence-electron chi connectivity index (χ0n) is 12.4. The number of ether oxygens (including phenoxy) is 1. The lowest BCUT2D eigenvalue weighted by molar-refractivity contribution is -0.0720. The number of rotatable bonds is 1. The summed E-state index contributed by atoms with van der Waals surface area (Å²) < 4.78 is 6.13. The Kier molecular flexibility index (Phi) is 3.56. The highest BCUT2D eigenvalue weighted by Crippen LogP contribution is 2.44. The van der Waals surface area contributed by atoms with Crippen molar-refractivity contribution < 1.29 is 24.5 Å². The van der Waals surface area contributed by atoms with Crippen molar-refractivity contribution in [2.24, 2.45) is 5.92 Å². The number of benzene rings is 1. The Morgan fingerprint density at radius 2 is 2.00 bits per heavy atom. The molecule has 2 unspecified atom stereocenters. The molecule has 3 rings (SSSR count). The van der Waals surface area contributed by atoms with Crippen LogP contribution in [0, 0.1) is 5.92 Å². The van der Waals surface area contributed by atoms with E-state index < -0.39 is 23.7 Å². The summed E-state index contributed by atoms with van der Waals surface area (Å²) in [5.41, 5.74) is -0.342. The number of nitrogens with zero attached hydrogens (tertiary/aromatic N) is 1. The van der Waals surface area contributed by atoms with Gasteiger partial charge in [-0.15, -0.1) is 0 Å². The van der Waals surface area contributed by atoms with Gasteiger partial charge in [0.1, 0.15) is 11.4 Å². The number of carboxylic acid groups (broad SMARTS) is 1. The fraction of sp³-hybridized carbons (Fsp3) is 0.500. The first kappa shape index (κ1) is 14.8. The van der Waals surface area contributed by atoms with Gasteiger partial charge in [-0.25, -0.2) is 4.79 Å². The molecule has 6 heteroatoms. The summed E-state index contributed by atoms with van der Waals surface area (Å²) in [4.78, 5) is 25.2. The maximum Gasteiger partial charge on any atom is 0.407 e. The second kappa shape index (κ2) is 5.28. The number of hydrogen-bond acceptors (Lipinski definition) is 4. The molecule has 2 aliphatic rings. The van der Waals surface area contributed by atoms with E-state index in [9.17, 15) is 14.7 Å². The van der Waals surface area contributed by atoms with Gasteiger partial charge in [-0.05, 0) is 19.1 Å². The quantitative estimate of drug-likeness (QED) is 0.825. The SMILES string of the molecule is CC(O)C1C(=O)c2ccccc2OC12CCN(C(=O)O)CC2. The van der Waals surface area contributed by atoms with Crippen molar-refractivity contribution in [2.75, 3.05) is 13.1 Å². The Bertz CT molecular complexity index is 604. The van der Waals surface area contributed by atoms with Crippen LogP contribution in [0.5, 0.6) is 5.75 Å². The van der Waals surface area contributed by atoms with Gasteiger partial charge in [0.05, 0.1) is 17.6 Å². The van der Waals surface area contributed by atoms with Gasteiger partial charge in [0, 0.05) is 25.9 Å². The first-order valence-corrected chi connectivity index (χ1v) is 7.43. The highest BCUT2D eigenvalue weighted by Gasteiger charge is 2.53. The van der Waals surface area contributed by atoms with Gasteiger partial charge < -0.3 is 19.8 Å². The third-order valence-corrected chi connectivity index (χ3v) is 4.68. The molecule has 1 amide bonds. The molecule has 22 heavy (non-hydrogen) atoms. The number of carbonyl (C=O) groups is 2. The van der Waals surface area contributed by atoms with E-state index in [0.717, 1.165) is 0 Å². The van der Waals surface area contributed by atoms with Crippen LogP contribution in [0.4, 0.5) is 4.79 Å². The molecule has 118 valence electrons. The number of Topliss-reactive ketones (excluding diaryl/α,β-unsaturated/α-hetero) is 1. The van der Waals surface area contributed by atoms with Gasteiger partial charge in [-0.2, -0.15) is 0 Å². The van der Waals surface area contributed by atoms with Crippen LogP contribution in [0.3, 0.4) is 0 Å². The molecular formula is C16H19NO5. The molecule has 1 aromatic rings. The minimum Gasteiger partial charge on any atom is -0.486 e. The molecule has 0 aliphatic carbocycles. The predicted molar refractivity (Wildman–Crippen MR) is 78.1 cm³/mol. The van der Waals surface area contributed by atoms with Gasteiger partial charge >= 0.3 is 6.09 Å². The summed E-state index contributed by atoms with van der Waals surface area (Å²) in [7, 11) is 0. The number of piperidine rings is 1. The summed E-state index contributed by atoms with van der Waals surface area (Å²) in [6.07, 6.45) is -1.02. The van der Waals surface area contributed by atoms with Crippen LogP contribution >= 0.6 is 0 Å². The normalized spacial score (nSPS) is 24.5. The number of fused-ring (bicyclic) bond motifs is 1. The summed E-state index contributed by atoms with van der Waals surface area (Å²) in [6, 6.07) is 7.02. The molecule has 2 atom stereocenters. The van der Waals surface area contributed by atoms with Crippen LogP contribution in [-0.2, 0) is 0 Å². The van der Waals surface area contributed by atoms with Crippen LogP contribution in [0.15, 0.2) is 24.3 Å². The van der Waals surface area contributed by atoms with Gasteiger partial charge in [0.2, 0.25) is 0 Å². The molecule has 0 radical (unpaired) electrons. The molecule has 6 nitrogen and oxygen atoms in total. The molecule has 1 aromatic carbocycles. The summed E-state index contributed by atoms with van der Waals surface area (Å²) in [5, 5.41) is 19.2. The Labute approximate surface area is 128 Å². The number of aliphatic hydroxyl groups excluding tert-OH is 1. The van der Waals surface area contributed by atoms with Crippen molar-refractivity contribution >= 4 is 11.9 Å². The molecule has 1 saturated heterocycles. The molecular weight excluding hydrogens is 286 g/mol. The first-order chi connectivity index (χ1) is 10.4. The molecule has 1 spiro atoms. The van der Waals surface area contributed by atoms with Crippen LogP contribution < -0.4 is 4.74 Å². The van der Waals surface area contributed by atoms with Gasteiger partial charge in [-0.3, -0.25) is 4.79 Å². The molecule has 2 heterocycles. The molecule has 0 bridgehead atoms. The highest BCUT2D eigenvalue weighted by atomic mass is 16.5. The molecule has 0 aromatic heterocycles. The number of hydrogen-bond donors (Lipinski definition) is 2. The van der Waals surface area contributed by atoms with Crippen LogP contribution in [0.1, 0.15) is 30.1 Å². The maximum atomic E-state index is 12.8. The van der Waals surface area contributed by atoms with Crippen LogP contribution in [0.2, 0.25) is 0 Å². The molecule has 0 saturated carbocycles. The van der Waals surface area contributed by atoms with E-state index >= 15 is 0 Å². The second-order valence-corrected chi connectivity index (χ2v) is 6.02. The first-order valence-electron chi connectivity index (χ1n) is 7.43. The van der Waals surface area contributed by atoms with Gasteiger partial charge in [0.25, 0.3) is 0 Å². The Morgan fingerprint density at radius 1 is 1.36 bits per heavy atom. The highest BCUT2D eigenvalue weighted by molar-refractivity contribution is 6.02.